The summed E-state index contributed by atoms with van der Waals surface area (Å²) in [6.45, 7) is -0.108. The second-order valence-electron chi connectivity index (χ2n) is 4.73. The van der Waals surface area contributed by atoms with Crippen LogP contribution in [0.2, 0.25) is 0 Å². The van der Waals surface area contributed by atoms with Crippen LogP contribution in [0.15, 0.2) is 18.2 Å². The molecule has 2 rings (SSSR count). The minimum atomic E-state index is -4.43. The number of nitrogens with zero attached hydrogens (tertiary/aromatic N) is 2. The Hall–Kier alpha value is -2.16. The Morgan fingerprint density at radius 1 is 1.36 bits per heavy atom. The summed E-state index contributed by atoms with van der Waals surface area (Å²) in [4.78, 5) is 11.7. The van der Waals surface area contributed by atoms with E-state index >= 15 is 0 Å². The number of fused-ring (bicyclic) bond motifs is 1. The van der Waals surface area contributed by atoms with E-state index in [1.165, 1.54) is 0 Å². The van der Waals surface area contributed by atoms with Crippen LogP contribution in [0.3, 0.4) is 0 Å². The number of aromatic nitrogens is 3. The van der Waals surface area contributed by atoms with Gasteiger partial charge in [0.1, 0.15) is 11.0 Å². The highest BCUT2D eigenvalue weighted by Crippen LogP contribution is 2.24. The van der Waals surface area contributed by atoms with Crippen molar-refractivity contribution in [2.24, 2.45) is 0 Å². The molecule has 2 aromatic rings. The molecule has 6 nitrogen and oxygen atoms in total. The van der Waals surface area contributed by atoms with Crippen molar-refractivity contribution in [2.75, 3.05) is 13.7 Å². The van der Waals surface area contributed by atoms with Crippen LogP contribution in [0.5, 0.6) is 0 Å². The van der Waals surface area contributed by atoms with E-state index in [-0.39, 0.29) is 25.3 Å². The minimum Gasteiger partial charge on any atom is -0.372 e. The number of hydrogen-bond acceptors (Lipinski definition) is 4. The first-order chi connectivity index (χ1) is 10.4. The topological polar surface area (TPSA) is 79.9 Å². The van der Waals surface area contributed by atoms with E-state index in [2.05, 4.69) is 25.5 Å². The highest BCUT2D eigenvalue weighted by Gasteiger charge is 2.39. The first-order valence-corrected chi connectivity index (χ1v) is 6.56. The number of hydrogen-bond donors (Lipinski definition) is 2. The van der Waals surface area contributed by atoms with Gasteiger partial charge >= 0.3 is 6.18 Å². The molecule has 1 amide bonds. The van der Waals surface area contributed by atoms with Crippen molar-refractivity contribution < 1.29 is 22.7 Å². The highest BCUT2D eigenvalue weighted by atomic mass is 19.4. The second-order valence-corrected chi connectivity index (χ2v) is 4.73. The number of nitrogens with one attached hydrogen (secondary N) is 2. The lowest BCUT2D eigenvalue weighted by atomic mass is 10.1. The summed E-state index contributed by atoms with van der Waals surface area (Å²) in [6, 6.07) is 5.14. The van der Waals surface area contributed by atoms with Crippen molar-refractivity contribution in [2.45, 2.75) is 25.1 Å². The molecule has 1 atom stereocenters. The molecule has 22 heavy (non-hydrogen) atoms. The predicted octanol–water partition coefficient (Wildman–Crippen LogP) is 1.58. The van der Waals surface area contributed by atoms with Crippen LogP contribution in [-0.4, -0.2) is 47.3 Å². The number of carbonyl (C=O) groups excluding carboxylic acids is 1. The van der Waals surface area contributed by atoms with E-state index < -0.39 is 12.3 Å². The summed E-state index contributed by atoms with van der Waals surface area (Å²) in [5.41, 5.74) is 2.01. The maximum absolute atomic E-state index is 12.5. The molecular weight excluding hydrogens is 301 g/mol. The Morgan fingerprint density at radius 3 is 2.77 bits per heavy atom. The number of aromatic amines is 1. The lowest BCUT2D eigenvalue weighted by Crippen LogP contribution is -2.35. The van der Waals surface area contributed by atoms with Gasteiger partial charge in [0.05, 0.1) is 6.42 Å². The Bertz CT molecular complexity index is 641. The molecule has 1 unspecified atom stereocenters. The van der Waals surface area contributed by atoms with Gasteiger partial charge in [-0.25, -0.2) is 0 Å². The Balaban J connectivity index is 1.82. The normalized spacial score (nSPS) is 13.3. The number of carbonyl (C=O) groups is 1. The number of amides is 1. The van der Waals surface area contributed by atoms with Crippen molar-refractivity contribution in [3.63, 3.8) is 0 Å². The van der Waals surface area contributed by atoms with Crippen molar-refractivity contribution in [1.29, 1.82) is 0 Å². The van der Waals surface area contributed by atoms with Gasteiger partial charge in [-0.05, 0) is 24.1 Å². The van der Waals surface area contributed by atoms with Crippen LogP contribution >= 0.6 is 0 Å². The van der Waals surface area contributed by atoms with Gasteiger partial charge in [0.25, 0.3) is 0 Å². The second kappa shape index (κ2) is 6.73. The standard InChI is InChI=1S/C13H15F3N4O2/c1-22-11(13(14,15)16)4-5-17-12(21)7-8-2-3-9-10(6-8)19-20-18-9/h2-3,6,11H,4-5,7H2,1H3,(H,17,21)(H,18,19,20). The monoisotopic (exact) mass is 316 g/mol. The smallest absolute Gasteiger partial charge is 0.372 e. The lowest BCUT2D eigenvalue weighted by Gasteiger charge is -2.18. The fourth-order valence-corrected chi connectivity index (χ4v) is 2.00. The molecule has 0 saturated carbocycles. The van der Waals surface area contributed by atoms with Gasteiger partial charge in [-0.1, -0.05) is 6.07 Å². The third kappa shape index (κ3) is 4.17. The molecule has 1 aromatic heterocycles. The number of methoxy groups -OCH3 is 1. The summed E-state index contributed by atoms with van der Waals surface area (Å²) in [5.74, 6) is -0.361. The summed E-state index contributed by atoms with van der Waals surface area (Å²) in [6.07, 6.45) is -6.57. The molecule has 0 aliphatic heterocycles. The SMILES string of the molecule is COC(CCNC(=O)Cc1ccc2n[nH]nc2c1)C(F)(F)F. The number of benzene rings is 1. The molecule has 9 heteroatoms. The molecule has 1 heterocycles. The van der Waals surface area contributed by atoms with E-state index in [0.717, 1.165) is 7.11 Å². The molecule has 0 bridgehead atoms. The van der Waals surface area contributed by atoms with E-state index in [1.807, 2.05) is 0 Å². The van der Waals surface area contributed by atoms with Crippen LogP contribution in [-0.2, 0) is 16.0 Å². The van der Waals surface area contributed by atoms with Crippen LogP contribution in [0.4, 0.5) is 13.2 Å². The van der Waals surface area contributed by atoms with Crippen molar-refractivity contribution in [1.82, 2.24) is 20.7 Å². The molecule has 0 aliphatic rings. The van der Waals surface area contributed by atoms with Crippen LogP contribution in [0.25, 0.3) is 11.0 Å². The summed E-state index contributed by atoms with van der Waals surface area (Å²) >= 11 is 0. The minimum absolute atomic E-state index is 0.0620. The molecule has 120 valence electrons. The zero-order valence-corrected chi connectivity index (χ0v) is 11.8. The molecule has 1 aromatic carbocycles. The zero-order valence-electron chi connectivity index (χ0n) is 11.8. The third-order valence-electron chi connectivity index (χ3n) is 3.12. The maximum atomic E-state index is 12.5. The number of rotatable bonds is 6. The number of alkyl halides is 3. The van der Waals surface area contributed by atoms with Gasteiger partial charge in [-0.3, -0.25) is 4.79 Å². The number of halogens is 3. The average molecular weight is 316 g/mol. The molecule has 0 saturated heterocycles. The first-order valence-electron chi connectivity index (χ1n) is 6.56. The molecule has 0 aliphatic carbocycles. The van der Waals surface area contributed by atoms with Gasteiger partial charge in [-0.2, -0.15) is 28.6 Å². The van der Waals surface area contributed by atoms with Gasteiger partial charge < -0.3 is 10.1 Å². The van der Waals surface area contributed by atoms with Crippen molar-refractivity contribution >= 4 is 16.9 Å². The van der Waals surface area contributed by atoms with Gasteiger partial charge in [-0.15, -0.1) is 0 Å². The zero-order chi connectivity index (χ0) is 16.2. The van der Waals surface area contributed by atoms with E-state index in [4.69, 9.17) is 0 Å². The van der Waals surface area contributed by atoms with Crippen molar-refractivity contribution in [3.8, 4) is 0 Å². The van der Waals surface area contributed by atoms with Crippen molar-refractivity contribution in [3.05, 3.63) is 23.8 Å². The lowest BCUT2D eigenvalue weighted by molar-refractivity contribution is -0.214. The molecule has 0 spiro atoms. The maximum Gasteiger partial charge on any atom is 0.414 e. The van der Waals surface area contributed by atoms with Crippen LogP contribution < -0.4 is 5.32 Å². The summed E-state index contributed by atoms with van der Waals surface area (Å²) < 4.78 is 41.7. The van der Waals surface area contributed by atoms with E-state index in [9.17, 15) is 18.0 Å². The van der Waals surface area contributed by atoms with Gasteiger partial charge in [0.15, 0.2) is 6.10 Å². The average Bonchev–Trinajstić information content (AvgIpc) is 2.89. The number of ether oxygens (including phenoxy) is 1. The van der Waals surface area contributed by atoms with Crippen LogP contribution in [0.1, 0.15) is 12.0 Å². The fourth-order valence-electron chi connectivity index (χ4n) is 2.00. The highest BCUT2D eigenvalue weighted by molar-refractivity contribution is 5.81. The third-order valence-corrected chi connectivity index (χ3v) is 3.12. The van der Waals surface area contributed by atoms with Gasteiger partial charge in [0.2, 0.25) is 5.91 Å². The molecule has 0 fully saturated rings. The van der Waals surface area contributed by atoms with Crippen LogP contribution in [0, 0.1) is 0 Å². The summed E-state index contributed by atoms with van der Waals surface area (Å²) in [5, 5.41) is 12.7. The van der Waals surface area contributed by atoms with E-state index in [1.54, 1.807) is 18.2 Å². The molecule has 0 radical (unpaired) electrons. The molecular formula is C13H15F3N4O2. The van der Waals surface area contributed by atoms with E-state index in [0.29, 0.717) is 16.6 Å². The van der Waals surface area contributed by atoms with Gasteiger partial charge in [0, 0.05) is 13.7 Å². The fraction of sp³-hybridized carbons (Fsp3) is 0.462. The summed E-state index contributed by atoms with van der Waals surface area (Å²) in [7, 11) is 0.993. The molecule has 2 N–H and O–H groups in total. The Kier molecular flexibility index (Phi) is 4.96. The Morgan fingerprint density at radius 2 is 2.09 bits per heavy atom. The first kappa shape index (κ1) is 16.2. The number of H-pyrrole nitrogens is 1. The quantitative estimate of drug-likeness (QED) is 0.848. The Labute approximate surface area is 124 Å². The largest absolute Gasteiger partial charge is 0.414 e. The predicted molar refractivity (Wildman–Crippen MR) is 72.1 cm³/mol.